The van der Waals surface area contributed by atoms with Crippen LogP contribution in [0.3, 0.4) is 0 Å². The van der Waals surface area contributed by atoms with E-state index in [2.05, 4.69) is 37.0 Å². The summed E-state index contributed by atoms with van der Waals surface area (Å²) in [5.41, 5.74) is 6.06. The molecule has 3 aromatic rings. The molecule has 0 fully saturated rings. The second kappa shape index (κ2) is 6.31. The fourth-order valence-electron chi connectivity index (χ4n) is 3.30. The SMILES string of the molecule is Cc1cc(-c2c3cccc(CC(C)C)c3nc[n+]2C)c(C)cc1F. The normalized spacial score (nSPS) is 11.5. The molecule has 0 radical (unpaired) electrons. The lowest BCUT2D eigenvalue weighted by molar-refractivity contribution is -0.662. The molecule has 1 heterocycles. The van der Waals surface area contributed by atoms with E-state index in [1.807, 2.05) is 37.9 Å². The van der Waals surface area contributed by atoms with Crippen LogP contribution in [0.4, 0.5) is 4.39 Å². The van der Waals surface area contributed by atoms with E-state index in [0.717, 1.165) is 34.1 Å². The van der Waals surface area contributed by atoms with Crippen molar-refractivity contribution >= 4 is 10.9 Å². The van der Waals surface area contributed by atoms with Gasteiger partial charge in [0, 0.05) is 11.1 Å². The molecule has 0 bridgehead atoms. The summed E-state index contributed by atoms with van der Waals surface area (Å²) in [6.07, 6.45) is 2.86. The Morgan fingerprint density at radius 1 is 1.12 bits per heavy atom. The van der Waals surface area contributed by atoms with Crippen LogP contribution in [0.25, 0.3) is 22.2 Å². The minimum Gasteiger partial charge on any atom is -0.232 e. The average molecular weight is 323 g/mol. The van der Waals surface area contributed by atoms with Crippen molar-refractivity contribution in [3.63, 3.8) is 0 Å². The third-order valence-corrected chi connectivity index (χ3v) is 4.48. The van der Waals surface area contributed by atoms with Gasteiger partial charge in [0.1, 0.15) is 11.5 Å². The Morgan fingerprint density at radius 3 is 2.58 bits per heavy atom. The summed E-state index contributed by atoms with van der Waals surface area (Å²) in [5, 5.41) is 1.12. The first kappa shape index (κ1) is 16.6. The Morgan fingerprint density at radius 2 is 1.88 bits per heavy atom. The minimum atomic E-state index is -0.155. The molecule has 0 amide bonds. The molecular formula is C21H24FN2+. The van der Waals surface area contributed by atoms with Gasteiger partial charge >= 0.3 is 0 Å². The maximum absolute atomic E-state index is 13.9. The lowest BCUT2D eigenvalue weighted by Gasteiger charge is -2.12. The molecular weight excluding hydrogens is 299 g/mol. The highest BCUT2D eigenvalue weighted by atomic mass is 19.1. The van der Waals surface area contributed by atoms with Gasteiger partial charge in [-0.2, -0.15) is 0 Å². The largest absolute Gasteiger partial charge is 0.287 e. The van der Waals surface area contributed by atoms with Gasteiger partial charge in [0.25, 0.3) is 6.33 Å². The zero-order valence-corrected chi connectivity index (χ0v) is 15.0. The van der Waals surface area contributed by atoms with Gasteiger partial charge in [0.2, 0.25) is 0 Å². The summed E-state index contributed by atoms with van der Waals surface area (Å²) in [4.78, 5) is 4.68. The topological polar surface area (TPSA) is 16.8 Å². The summed E-state index contributed by atoms with van der Waals surface area (Å²) in [5.74, 6) is 0.419. The second-order valence-electron chi connectivity index (χ2n) is 7.03. The highest BCUT2D eigenvalue weighted by Crippen LogP contribution is 2.30. The molecule has 0 aliphatic heterocycles. The number of fused-ring (bicyclic) bond motifs is 1. The highest BCUT2D eigenvalue weighted by Gasteiger charge is 2.20. The number of benzene rings is 2. The summed E-state index contributed by atoms with van der Waals surface area (Å²) >= 11 is 0. The molecule has 0 saturated carbocycles. The van der Waals surface area contributed by atoms with Gasteiger partial charge in [0.15, 0.2) is 5.52 Å². The van der Waals surface area contributed by atoms with E-state index in [1.165, 1.54) is 5.56 Å². The average Bonchev–Trinajstić information content (AvgIpc) is 2.51. The Balaban J connectivity index is 2.32. The maximum Gasteiger partial charge on any atom is 0.287 e. The van der Waals surface area contributed by atoms with Gasteiger partial charge in [-0.3, -0.25) is 0 Å². The van der Waals surface area contributed by atoms with Crippen molar-refractivity contribution < 1.29 is 8.96 Å². The molecule has 0 spiro atoms. The standard InChI is InChI=1S/C21H24FN2/c1-13(2)9-16-7-6-8-17-20(16)23-12-24(5)21(17)18-10-15(4)19(22)11-14(18)3/h6-8,10-13H,9H2,1-5H3/q+1. The van der Waals surface area contributed by atoms with Gasteiger partial charge in [-0.25, -0.2) is 8.96 Å². The van der Waals surface area contributed by atoms with Crippen molar-refractivity contribution in [2.24, 2.45) is 13.0 Å². The molecule has 0 aliphatic carbocycles. The van der Waals surface area contributed by atoms with Crippen molar-refractivity contribution in [1.82, 2.24) is 4.98 Å². The molecule has 3 heteroatoms. The van der Waals surface area contributed by atoms with Gasteiger partial charge in [0.05, 0.1) is 12.4 Å². The fraction of sp³-hybridized carbons (Fsp3) is 0.333. The Kier molecular flexibility index (Phi) is 4.35. The van der Waals surface area contributed by atoms with Crippen molar-refractivity contribution in [2.75, 3.05) is 0 Å². The number of hydrogen-bond donors (Lipinski definition) is 0. The lowest BCUT2D eigenvalue weighted by atomic mass is 9.95. The molecule has 2 nitrogen and oxygen atoms in total. The number of hydrogen-bond acceptors (Lipinski definition) is 1. The van der Waals surface area contributed by atoms with E-state index in [1.54, 1.807) is 6.07 Å². The minimum absolute atomic E-state index is 0.155. The third kappa shape index (κ3) is 2.91. The number of aromatic nitrogens is 2. The van der Waals surface area contributed by atoms with E-state index in [-0.39, 0.29) is 5.82 Å². The number of para-hydroxylation sites is 1. The van der Waals surface area contributed by atoms with Crippen LogP contribution in [0.2, 0.25) is 0 Å². The van der Waals surface area contributed by atoms with Crippen LogP contribution in [-0.4, -0.2) is 4.98 Å². The van der Waals surface area contributed by atoms with Gasteiger partial charge in [-0.05, 0) is 60.5 Å². The highest BCUT2D eigenvalue weighted by molar-refractivity contribution is 5.93. The van der Waals surface area contributed by atoms with Crippen LogP contribution in [-0.2, 0) is 13.5 Å². The predicted octanol–water partition coefficient (Wildman–Crippen LogP) is 4.68. The number of aryl methyl sites for hydroxylation is 3. The van der Waals surface area contributed by atoms with Crippen LogP contribution in [0.5, 0.6) is 0 Å². The summed E-state index contributed by atoms with van der Waals surface area (Å²) in [6.45, 7) is 8.21. The molecule has 0 N–H and O–H groups in total. The first-order valence-corrected chi connectivity index (χ1v) is 8.42. The van der Waals surface area contributed by atoms with Crippen LogP contribution < -0.4 is 4.57 Å². The van der Waals surface area contributed by atoms with Crippen LogP contribution >= 0.6 is 0 Å². The molecule has 24 heavy (non-hydrogen) atoms. The summed E-state index contributed by atoms with van der Waals surface area (Å²) < 4.78 is 15.9. The zero-order chi connectivity index (χ0) is 17.4. The van der Waals surface area contributed by atoms with E-state index < -0.39 is 0 Å². The quantitative estimate of drug-likeness (QED) is 0.639. The first-order chi connectivity index (χ1) is 11.4. The van der Waals surface area contributed by atoms with Crippen molar-refractivity contribution in [2.45, 2.75) is 34.1 Å². The second-order valence-corrected chi connectivity index (χ2v) is 7.03. The van der Waals surface area contributed by atoms with Crippen LogP contribution in [0.1, 0.15) is 30.5 Å². The predicted molar refractivity (Wildman–Crippen MR) is 96.3 cm³/mol. The Bertz CT molecular complexity index is 913. The lowest BCUT2D eigenvalue weighted by Crippen LogP contribution is -2.32. The zero-order valence-electron chi connectivity index (χ0n) is 15.0. The molecule has 2 aromatic carbocycles. The van der Waals surface area contributed by atoms with Crippen molar-refractivity contribution in [3.8, 4) is 11.3 Å². The van der Waals surface area contributed by atoms with E-state index in [4.69, 9.17) is 0 Å². The van der Waals surface area contributed by atoms with Crippen LogP contribution in [0, 0.1) is 25.6 Å². The van der Waals surface area contributed by atoms with E-state index >= 15 is 0 Å². The molecule has 124 valence electrons. The monoisotopic (exact) mass is 323 g/mol. The third-order valence-electron chi connectivity index (χ3n) is 4.48. The van der Waals surface area contributed by atoms with E-state index in [9.17, 15) is 4.39 Å². The molecule has 0 aliphatic rings. The Labute approximate surface area is 143 Å². The van der Waals surface area contributed by atoms with Gasteiger partial charge in [-0.15, -0.1) is 0 Å². The van der Waals surface area contributed by atoms with Crippen molar-refractivity contribution in [1.29, 1.82) is 0 Å². The first-order valence-electron chi connectivity index (χ1n) is 8.42. The smallest absolute Gasteiger partial charge is 0.232 e. The molecule has 0 saturated heterocycles. The molecule has 0 unspecified atom stereocenters. The van der Waals surface area contributed by atoms with Crippen LogP contribution in [0.15, 0.2) is 36.7 Å². The molecule has 1 aromatic heterocycles. The number of halogens is 1. The number of nitrogens with zero attached hydrogens (tertiary/aromatic N) is 2. The van der Waals surface area contributed by atoms with Crippen molar-refractivity contribution in [3.05, 3.63) is 59.2 Å². The summed E-state index contributed by atoms with van der Waals surface area (Å²) in [7, 11) is 2.00. The van der Waals surface area contributed by atoms with Gasteiger partial charge in [-0.1, -0.05) is 26.0 Å². The summed E-state index contributed by atoms with van der Waals surface area (Å²) in [6, 6.07) is 9.92. The Hall–Kier alpha value is -2.29. The maximum atomic E-state index is 13.9. The molecule has 0 atom stereocenters. The molecule has 3 rings (SSSR count). The number of rotatable bonds is 3. The fourth-order valence-corrected chi connectivity index (χ4v) is 3.30. The van der Waals surface area contributed by atoms with E-state index in [0.29, 0.717) is 11.5 Å². The van der Waals surface area contributed by atoms with Gasteiger partial charge < -0.3 is 0 Å².